The molecule has 140 valence electrons. The van der Waals surface area contributed by atoms with Crippen LogP contribution in [0.4, 0.5) is 18.9 Å². The molecule has 10 heteroatoms. The van der Waals surface area contributed by atoms with Crippen LogP contribution in [-0.4, -0.2) is 25.2 Å². The van der Waals surface area contributed by atoms with Crippen LogP contribution in [0.2, 0.25) is 0 Å². The lowest BCUT2D eigenvalue weighted by Crippen LogP contribution is -2.28. The normalized spacial score (nSPS) is 11.4. The Bertz CT molecular complexity index is 996. The molecule has 7 nitrogen and oxygen atoms in total. The number of alkyl halides is 3. The van der Waals surface area contributed by atoms with Gasteiger partial charge in [0, 0.05) is 18.0 Å². The van der Waals surface area contributed by atoms with Gasteiger partial charge in [-0.1, -0.05) is 12.1 Å². The smallest absolute Gasteiger partial charge is 0.325 e. The van der Waals surface area contributed by atoms with Crippen LogP contribution >= 0.6 is 0 Å². The van der Waals surface area contributed by atoms with Gasteiger partial charge in [0.25, 0.3) is 5.56 Å². The van der Waals surface area contributed by atoms with E-state index in [4.69, 9.17) is 0 Å². The third kappa shape index (κ3) is 4.81. The van der Waals surface area contributed by atoms with E-state index in [9.17, 15) is 22.8 Å². The SMILES string of the molecule is O=C(Cn1cc(C(F)(F)F)ccc1=O)Nc1cccc(Cn2cncn2)c1. The summed E-state index contributed by atoms with van der Waals surface area (Å²) in [4.78, 5) is 27.7. The Balaban J connectivity index is 1.70. The summed E-state index contributed by atoms with van der Waals surface area (Å²) in [6, 6.07) is 8.36. The number of nitrogens with one attached hydrogen (secondary N) is 1. The molecular formula is C17H14F3N5O2. The van der Waals surface area contributed by atoms with Gasteiger partial charge in [0.2, 0.25) is 5.91 Å². The molecule has 0 aliphatic carbocycles. The summed E-state index contributed by atoms with van der Waals surface area (Å²) in [6.45, 7) is -0.0904. The number of hydrogen-bond donors (Lipinski definition) is 1. The lowest BCUT2D eigenvalue weighted by molar-refractivity contribution is -0.138. The van der Waals surface area contributed by atoms with Gasteiger partial charge in [-0.15, -0.1) is 0 Å². The van der Waals surface area contributed by atoms with Gasteiger partial charge in [0.1, 0.15) is 19.2 Å². The van der Waals surface area contributed by atoms with Crippen LogP contribution in [0.3, 0.4) is 0 Å². The monoisotopic (exact) mass is 377 g/mol. The number of carbonyl (C=O) groups excluding carboxylic acids is 1. The summed E-state index contributed by atoms with van der Waals surface area (Å²) in [5.74, 6) is -0.616. The largest absolute Gasteiger partial charge is 0.417 e. The van der Waals surface area contributed by atoms with Crippen LogP contribution in [0.15, 0.2) is 60.0 Å². The van der Waals surface area contributed by atoms with Crippen LogP contribution in [0.1, 0.15) is 11.1 Å². The predicted octanol–water partition coefficient (Wildman–Crippen LogP) is 2.15. The first-order chi connectivity index (χ1) is 12.8. The van der Waals surface area contributed by atoms with Gasteiger partial charge in [0.05, 0.1) is 12.1 Å². The summed E-state index contributed by atoms with van der Waals surface area (Å²) in [5, 5.41) is 6.55. The van der Waals surface area contributed by atoms with Crippen molar-refractivity contribution in [3.63, 3.8) is 0 Å². The molecule has 2 aromatic heterocycles. The molecule has 0 radical (unpaired) electrons. The first-order valence-electron chi connectivity index (χ1n) is 7.80. The number of carbonyl (C=O) groups is 1. The van der Waals surface area contributed by atoms with E-state index in [1.165, 1.54) is 6.33 Å². The van der Waals surface area contributed by atoms with Crippen LogP contribution in [-0.2, 0) is 24.1 Å². The van der Waals surface area contributed by atoms with E-state index in [0.29, 0.717) is 24.5 Å². The molecule has 0 fully saturated rings. The van der Waals surface area contributed by atoms with E-state index in [0.717, 1.165) is 16.2 Å². The Morgan fingerprint density at radius 1 is 1.19 bits per heavy atom. The zero-order chi connectivity index (χ0) is 19.4. The predicted molar refractivity (Wildman–Crippen MR) is 89.9 cm³/mol. The molecule has 0 atom stereocenters. The Morgan fingerprint density at radius 3 is 2.70 bits per heavy atom. The summed E-state index contributed by atoms with van der Waals surface area (Å²) in [5.41, 5.74) is -0.394. The quantitative estimate of drug-likeness (QED) is 0.739. The van der Waals surface area contributed by atoms with Crippen molar-refractivity contribution in [1.29, 1.82) is 0 Å². The topological polar surface area (TPSA) is 81.8 Å². The second-order valence-electron chi connectivity index (χ2n) is 5.72. The summed E-state index contributed by atoms with van der Waals surface area (Å²) >= 11 is 0. The third-order valence-electron chi connectivity index (χ3n) is 3.65. The maximum Gasteiger partial charge on any atom is 0.417 e. The minimum atomic E-state index is -4.60. The van der Waals surface area contributed by atoms with Crippen molar-refractivity contribution in [2.45, 2.75) is 19.3 Å². The average molecular weight is 377 g/mol. The Labute approximate surface area is 151 Å². The zero-order valence-electron chi connectivity index (χ0n) is 13.8. The van der Waals surface area contributed by atoms with Crippen molar-refractivity contribution < 1.29 is 18.0 Å². The molecule has 2 heterocycles. The van der Waals surface area contributed by atoms with Gasteiger partial charge >= 0.3 is 6.18 Å². The number of halogens is 3. The van der Waals surface area contributed by atoms with Crippen molar-refractivity contribution in [3.05, 3.63) is 76.7 Å². The van der Waals surface area contributed by atoms with Crippen molar-refractivity contribution >= 4 is 11.6 Å². The Morgan fingerprint density at radius 2 is 2.00 bits per heavy atom. The highest BCUT2D eigenvalue weighted by Gasteiger charge is 2.31. The molecule has 0 aliphatic heterocycles. The molecule has 0 spiro atoms. The highest BCUT2D eigenvalue weighted by atomic mass is 19.4. The molecule has 27 heavy (non-hydrogen) atoms. The second-order valence-corrected chi connectivity index (χ2v) is 5.72. The summed E-state index contributed by atoms with van der Waals surface area (Å²) in [7, 11) is 0. The van der Waals surface area contributed by atoms with Gasteiger partial charge in [-0.25, -0.2) is 9.67 Å². The van der Waals surface area contributed by atoms with E-state index in [1.807, 2.05) is 6.07 Å². The van der Waals surface area contributed by atoms with Crippen LogP contribution in [0, 0.1) is 0 Å². The summed E-state index contributed by atoms with van der Waals surface area (Å²) < 4.78 is 40.6. The fourth-order valence-corrected chi connectivity index (χ4v) is 2.43. The highest BCUT2D eigenvalue weighted by Crippen LogP contribution is 2.28. The van der Waals surface area contributed by atoms with Crippen LogP contribution in [0.25, 0.3) is 0 Å². The minimum absolute atomic E-state index is 0.441. The highest BCUT2D eigenvalue weighted by molar-refractivity contribution is 5.90. The van der Waals surface area contributed by atoms with Crippen LogP contribution < -0.4 is 10.9 Å². The lowest BCUT2D eigenvalue weighted by Gasteiger charge is -2.11. The van der Waals surface area contributed by atoms with E-state index < -0.39 is 29.8 Å². The van der Waals surface area contributed by atoms with E-state index >= 15 is 0 Å². The number of nitrogens with zero attached hydrogens (tertiary/aromatic N) is 4. The number of pyridine rings is 1. The van der Waals surface area contributed by atoms with E-state index in [2.05, 4.69) is 15.4 Å². The lowest BCUT2D eigenvalue weighted by atomic mass is 10.2. The van der Waals surface area contributed by atoms with Crippen molar-refractivity contribution in [2.24, 2.45) is 0 Å². The molecule has 1 N–H and O–H groups in total. The zero-order valence-corrected chi connectivity index (χ0v) is 13.8. The van der Waals surface area contributed by atoms with Gasteiger partial charge in [-0.2, -0.15) is 18.3 Å². The standard InChI is InChI=1S/C17H14F3N5O2/c18-17(19,20)13-4-5-16(27)24(8-13)9-15(26)23-14-3-1-2-12(6-14)7-25-11-21-10-22-25/h1-6,8,10-11H,7,9H2,(H,23,26). The molecule has 3 rings (SSSR count). The van der Waals surface area contributed by atoms with Gasteiger partial charge in [-0.05, 0) is 23.8 Å². The molecule has 0 saturated heterocycles. The summed E-state index contributed by atoms with van der Waals surface area (Å²) in [6.07, 6.45) is -1.02. The number of rotatable bonds is 5. The van der Waals surface area contributed by atoms with Gasteiger partial charge < -0.3 is 9.88 Å². The molecule has 0 saturated carbocycles. The maximum atomic E-state index is 12.8. The number of hydrogen-bond acceptors (Lipinski definition) is 4. The van der Waals surface area contributed by atoms with E-state index in [1.54, 1.807) is 29.2 Å². The number of benzene rings is 1. The molecule has 0 bridgehead atoms. The Hall–Kier alpha value is -3.43. The van der Waals surface area contributed by atoms with Crippen molar-refractivity contribution in [2.75, 3.05) is 5.32 Å². The fraction of sp³-hybridized carbons (Fsp3) is 0.176. The second kappa shape index (κ2) is 7.44. The minimum Gasteiger partial charge on any atom is -0.325 e. The molecule has 0 unspecified atom stereocenters. The average Bonchev–Trinajstić information content (AvgIpc) is 3.09. The fourth-order valence-electron chi connectivity index (χ4n) is 2.43. The first-order valence-corrected chi connectivity index (χ1v) is 7.80. The maximum absolute atomic E-state index is 12.8. The molecule has 1 amide bonds. The van der Waals surface area contributed by atoms with Gasteiger partial charge in [-0.3, -0.25) is 9.59 Å². The molecular weight excluding hydrogens is 363 g/mol. The first kappa shape index (κ1) is 18.4. The van der Waals surface area contributed by atoms with Crippen molar-refractivity contribution in [1.82, 2.24) is 19.3 Å². The Kier molecular flexibility index (Phi) is 5.06. The van der Waals surface area contributed by atoms with Crippen molar-refractivity contribution in [3.8, 4) is 0 Å². The molecule has 3 aromatic rings. The van der Waals surface area contributed by atoms with Gasteiger partial charge in [0.15, 0.2) is 0 Å². The van der Waals surface area contributed by atoms with E-state index in [-0.39, 0.29) is 0 Å². The molecule has 0 aliphatic rings. The number of amides is 1. The number of aromatic nitrogens is 4. The number of anilines is 1. The van der Waals surface area contributed by atoms with Crippen LogP contribution in [0.5, 0.6) is 0 Å². The molecule has 1 aromatic carbocycles. The third-order valence-corrected chi connectivity index (χ3v) is 3.65.